The normalized spacial score (nSPS) is 30.2. The van der Waals surface area contributed by atoms with Crippen molar-refractivity contribution in [1.29, 1.82) is 0 Å². The van der Waals surface area contributed by atoms with E-state index in [1.54, 1.807) is 21.7 Å². The molecule has 5 bridgehead atoms. The smallest absolute Gasteiger partial charge is 0.313 e. The van der Waals surface area contributed by atoms with E-state index in [1.807, 2.05) is 66.7 Å². The van der Waals surface area contributed by atoms with Crippen LogP contribution in [0.5, 0.6) is 0 Å². The van der Waals surface area contributed by atoms with Crippen LogP contribution in [0.3, 0.4) is 0 Å². The summed E-state index contributed by atoms with van der Waals surface area (Å²) in [5, 5.41) is 21.1. The zero-order valence-corrected chi connectivity index (χ0v) is 28.4. The van der Waals surface area contributed by atoms with Crippen molar-refractivity contribution >= 4 is 34.7 Å². The van der Waals surface area contributed by atoms with Crippen LogP contribution in [-0.4, -0.2) is 111 Å². The summed E-state index contributed by atoms with van der Waals surface area (Å²) in [5.41, 5.74) is 0.616. The maximum absolute atomic E-state index is 14.9. The van der Waals surface area contributed by atoms with Crippen molar-refractivity contribution in [2.75, 3.05) is 33.4 Å². The molecule has 4 aliphatic heterocycles. The minimum Gasteiger partial charge on any atom is -0.455 e. The molecule has 7 atom stereocenters. The number of nitrogens with one attached hydrogen (secondary N) is 1. The first-order chi connectivity index (χ1) is 24.9. The number of cyclic esters (lactones) is 1. The Hall–Kier alpha value is -4.92. The highest BCUT2D eigenvalue weighted by molar-refractivity contribution is 5.99. The Morgan fingerprint density at radius 3 is 2.63 bits per heavy atom. The van der Waals surface area contributed by atoms with Crippen LogP contribution < -0.4 is 5.32 Å². The predicted octanol–water partition coefficient (Wildman–Crippen LogP) is 1.91. The van der Waals surface area contributed by atoms with E-state index in [9.17, 15) is 24.3 Å². The van der Waals surface area contributed by atoms with Crippen molar-refractivity contribution in [2.45, 2.75) is 62.2 Å². The topological polar surface area (TPSA) is 165 Å². The number of amides is 3. The van der Waals surface area contributed by atoms with Gasteiger partial charge < -0.3 is 34.4 Å². The number of likely N-dealkylation sites (tertiary alicyclic amines) is 1. The number of esters is 1. The summed E-state index contributed by atoms with van der Waals surface area (Å²) in [6.07, 6.45) is 6.82. The van der Waals surface area contributed by atoms with Crippen LogP contribution in [0.4, 0.5) is 0 Å². The minimum atomic E-state index is -1.43. The third-order valence-electron chi connectivity index (χ3n) is 10.2. The largest absolute Gasteiger partial charge is 0.455 e. The summed E-state index contributed by atoms with van der Waals surface area (Å²) >= 11 is 0. The quantitative estimate of drug-likeness (QED) is 0.192. The van der Waals surface area contributed by atoms with E-state index in [4.69, 9.17) is 14.2 Å². The molecule has 0 aliphatic carbocycles. The van der Waals surface area contributed by atoms with Crippen molar-refractivity contribution in [3.8, 4) is 0 Å². The minimum absolute atomic E-state index is 0.0240. The Morgan fingerprint density at radius 1 is 1.02 bits per heavy atom. The molecule has 3 amide bonds. The molecule has 2 fully saturated rings. The van der Waals surface area contributed by atoms with Gasteiger partial charge in [0.05, 0.1) is 30.2 Å². The number of para-hydroxylation sites is 1. The summed E-state index contributed by atoms with van der Waals surface area (Å²) < 4.78 is 19.9. The highest BCUT2D eigenvalue weighted by Crippen LogP contribution is 2.56. The number of hydrogen-bond acceptors (Lipinski definition) is 10. The molecule has 2 aromatic carbocycles. The van der Waals surface area contributed by atoms with Crippen LogP contribution in [0.15, 0.2) is 78.9 Å². The molecule has 5 heterocycles. The highest BCUT2D eigenvalue weighted by Gasteiger charge is 2.73. The number of aliphatic hydroxyl groups excluding tert-OH is 1. The fourth-order valence-corrected chi connectivity index (χ4v) is 7.85. The van der Waals surface area contributed by atoms with Crippen LogP contribution >= 0.6 is 0 Å². The summed E-state index contributed by atoms with van der Waals surface area (Å²) in [7, 11) is 1.51. The number of ether oxygens (including phenoxy) is 3. The van der Waals surface area contributed by atoms with Gasteiger partial charge in [-0.1, -0.05) is 72.0 Å². The van der Waals surface area contributed by atoms with Gasteiger partial charge in [-0.05, 0) is 37.0 Å². The number of benzene rings is 2. The monoisotopic (exact) mass is 698 g/mol. The number of allylic oxidation sites excluding steroid dienone is 1. The van der Waals surface area contributed by atoms with Crippen LogP contribution in [0, 0.1) is 11.8 Å². The molecule has 3 aromatic rings. The third kappa shape index (κ3) is 6.43. The molecule has 2 saturated heterocycles. The second kappa shape index (κ2) is 14.7. The molecular formula is C37H42N6O8. The lowest BCUT2D eigenvalue weighted by atomic mass is 9.74. The number of rotatable bonds is 9. The zero-order chi connectivity index (χ0) is 35.5. The second-order valence-corrected chi connectivity index (χ2v) is 13.4. The number of methoxy groups -OCH3 is 1. The average molecular weight is 699 g/mol. The van der Waals surface area contributed by atoms with Crippen LogP contribution in [0.1, 0.15) is 37.4 Å². The Morgan fingerprint density at radius 2 is 1.82 bits per heavy atom. The lowest BCUT2D eigenvalue weighted by Crippen LogP contribution is -2.56. The SMILES string of the molecule is COC[C@@H]1NC(=O)CC/C=C\CN(Cn2nnc3ccccc32)C(=O)[C@H]2N(CCCCO)C(=O)[C@@H]3[C@@H](C(=O)O[C@H]1c1ccccc1)[C@H]1C=C[C@]32O1. The van der Waals surface area contributed by atoms with Gasteiger partial charge in [-0.3, -0.25) is 19.2 Å². The molecule has 14 nitrogen and oxygen atoms in total. The average Bonchev–Trinajstić information content (AvgIpc) is 3.89. The molecule has 268 valence electrons. The van der Waals surface area contributed by atoms with Crippen molar-refractivity contribution in [1.82, 2.24) is 30.1 Å². The van der Waals surface area contributed by atoms with Gasteiger partial charge in [-0.25, -0.2) is 4.68 Å². The van der Waals surface area contributed by atoms with Crippen LogP contribution in [0.25, 0.3) is 11.0 Å². The van der Waals surface area contributed by atoms with Crippen LogP contribution in [0.2, 0.25) is 0 Å². The first kappa shape index (κ1) is 34.5. The van der Waals surface area contributed by atoms with E-state index in [0.717, 1.165) is 5.52 Å². The molecule has 4 aliphatic rings. The van der Waals surface area contributed by atoms with Crippen molar-refractivity contribution in [3.63, 3.8) is 0 Å². The number of unbranched alkanes of at least 4 members (excludes halogenated alkanes) is 1. The summed E-state index contributed by atoms with van der Waals surface area (Å²) in [4.78, 5) is 60.2. The number of carbonyl (C=O) groups is 4. The van der Waals surface area contributed by atoms with E-state index >= 15 is 0 Å². The molecule has 0 saturated carbocycles. The molecule has 2 N–H and O–H groups in total. The standard InChI is InChI=1S/C37H42N6O8/c1-49-22-26-32(24-12-4-2-5-13-24)50-36(48)30-28-17-18-37(51-28)31(30)34(46)42(20-10-11-21-44)33(37)35(47)41(19-9-3-6-16-29(45)38-26)23-43-27-15-8-7-14-25(27)39-40-43/h2-5,7-9,12-15,17-18,26,28,30-33,44H,6,10-11,16,19-23H2,1H3,(H,38,45)/b9-3-/t26-,28+,30-,31-,32-,33+,37-/m0/s1. The van der Waals surface area contributed by atoms with Crippen LogP contribution in [-0.2, 0) is 40.1 Å². The highest BCUT2D eigenvalue weighted by atomic mass is 16.6. The van der Waals surface area contributed by atoms with Crippen molar-refractivity contribution in [3.05, 3.63) is 84.5 Å². The number of nitrogens with zero attached hydrogens (tertiary/aromatic N) is 5. The van der Waals surface area contributed by atoms with E-state index < -0.39 is 47.7 Å². The van der Waals surface area contributed by atoms with Gasteiger partial charge in [0, 0.05) is 33.2 Å². The molecule has 7 rings (SSSR count). The van der Waals surface area contributed by atoms with Gasteiger partial charge >= 0.3 is 5.97 Å². The Labute approximate surface area is 295 Å². The third-order valence-corrected chi connectivity index (χ3v) is 10.2. The van der Waals surface area contributed by atoms with Crippen molar-refractivity contribution < 1.29 is 38.5 Å². The van der Waals surface area contributed by atoms with E-state index in [1.165, 1.54) is 12.0 Å². The first-order valence-corrected chi connectivity index (χ1v) is 17.4. The second-order valence-electron chi connectivity index (χ2n) is 13.4. The van der Waals surface area contributed by atoms with E-state index in [2.05, 4.69) is 15.6 Å². The number of hydrogen-bond donors (Lipinski definition) is 2. The number of carbonyl (C=O) groups excluding carboxylic acids is 4. The van der Waals surface area contributed by atoms with E-state index in [0.29, 0.717) is 30.3 Å². The zero-order valence-electron chi connectivity index (χ0n) is 28.4. The predicted molar refractivity (Wildman–Crippen MR) is 182 cm³/mol. The van der Waals surface area contributed by atoms with E-state index in [-0.39, 0.29) is 57.1 Å². The van der Waals surface area contributed by atoms with Crippen molar-refractivity contribution in [2.24, 2.45) is 11.8 Å². The molecule has 0 unspecified atom stereocenters. The molecule has 14 heteroatoms. The fourth-order valence-electron chi connectivity index (χ4n) is 7.85. The molecule has 1 aromatic heterocycles. The number of fused-ring (bicyclic) bond motifs is 3. The summed E-state index contributed by atoms with van der Waals surface area (Å²) in [5.74, 6) is -3.79. The number of aliphatic hydroxyl groups is 1. The molecule has 1 spiro atoms. The Bertz CT molecular complexity index is 1830. The molecule has 51 heavy (non-hydrogen) atoms. The van der Waals surface area contributed by atoms with Gasteiger partial charge in [0.15, 0.2) is 0 Å². The molecular weight excluding hydrogens is 656 g/mol. The van der Waals surface area contributed by atoms with Gasteiger partial charge in [0.25, 0.3) is 5.91 Å². The molecule has 0 radical (unpaired) electrons. The fraction of sp³-hybridized carbons (Fsp3) is 0.459. The first-order valence-electron chi connectivity index (χ1n) is 17.4. The lowest BCUT2D eigenvalue weighted by molar-refractivity contribution is -0.162. The maximum Gasteiger partial charge on any atom is 0.313 e. The van der Waals surface area contributed by atoms with Gasteiger partial charge in [0.1, 0.15) is 35.9 Å². The summed E-state index contributed by atoms with van der Waals surface area (Å²) in [6, 6.07) is 14.7. The van der Waals surface area contributed by atoms with Gasteiger partial charge in [0.2, 0.25) is 11.8 Å². The Balaban J connectivity index is 1.30. The van der Waals surface area contributed by atoms with Gasteiger partial charge in [-0.15, -0.1) is 5.10 Å². The maximum atomic E-state index is 14.9. The summed E-state index contributed by atoms with van der Waals surface area (Å²) in [6.45, 7) is 0.343. The lowest BCUT2D eigenvalue weighted by Gasteiger charge is -2.35. The Kier molecular flexibility index (Phi) is 9.98. The van der Waals surface area contributed by atoms with Gasteiger partial charge in [-0.2, -0.15) is 0 Å². The number of aromatic nitrogens is 3.